The van der Waals surface area contributed by atoms with Gasteiger partial charge in [0, 0.05) is 35.3 Å². The van der Waals surface area contributed by atoms with Crippen molar-refractivity contribution in [1.29, 1.82) is 0 Å². The number of carbonyl (C=O) groups is 2. The van der Waals surface area contributed by atoms with Gasteiger partial charge in [0.25, 0.3) is 0 Å². The van der Waals surface area contributed by atoms with Crippen molar-refractivity contribution in [3.63, 3.8) is 0 Å². The van der Waals surface area contributed by atoms with Crippen molar-refractivity contribution < 1.29 is 9.59 Å². The zero-order valence-corrected chi connectivity index (χ0v) is 18.6. The fourth-order valence-electron chi connectivity index (χ4n) is 2.88. The maximum absolute atomic E-state index is 12.8. The van der Waals surface area contributed by atoms with Gasteiger partial charge < -0.3 is 9.88 Å². The molecule has 0 fully saturated rings. The number of hydrogen-bond acceptors (Lipinski definition) is 5. The molecule has 1 atom stereocenters. The van der Waals surface area contributed by atoms with Crippen LogP contribution in [0, 0.1) is 0 Å². The van der Waals surface area contributed by atoms with Crippen LogP contribution >= 0.6 is 23.4 Å². The highest BCUT2D eigenvalue weighted by molar-refractivity contribution is 8.00. The second kappa shape index (κ2) is 9.91. The molecule has 1 heterocycles. The van der Waals surface area contributed by atoms with Crippen LogP contribution in [0.3, 0.4) is 0 Å². The summed E-state index contributed by atoms with van der Waals surface area (Å²) in [7, 11) is 1.87. The van der Waals surface area contributed by atoms with Crippen molar-refractivity contribution in [1.82, 2.24) is 14.8 Å². The van der Waals surface area contributed by atoms with Crippen LogP contribution in [-0.2, 0) is 11.8 Å². The van der Waals surface area contributed by atoms with Crippen molar-refractivity contribution >= 4 is 40.7 Å². The Balaban J connectivity index is 1.67. The minimum atomic E-state index is -0.341. The Morgan fingerprint density at radius 1 is 1.10 bits per heavy atom. The molecule has 156 valence electrons. The molecule has 2 aromatic carbocycles. The molecular weight excluding hydrogens is 420 g/mol. The summed E-state index contributed by atoms with van der Waals surface area (Å²) in [5, 5.41) is 12.3. The van der Waals surface area contributed by atoms with Gasteiger partial charge in [-0.25, -0.2) is 0 Å². The van der Waals surface area contributed by atoms with E-state index in [1.807, 2.05) is 37.6 Å². The molecule has 0 bridgehead atoms. The van der Waals surface area contributed by atoms with Gasteiger partial charge in [-0.3, -0.25) is 9.59 Å². The third-order valence-corrected chi connectivity index (χ3v) is 5.90. The van der Waals surface area contributed by atoms with Crippen LogP contribution in [0.15, 0.2) is 53.7 Å². The third-order valence-electron chi connectivity index (χ3n) is 4.52. The summed E-state index contributed by atoms with van der Waals surface area (Å²) in [6.07, 6.45) is 1.27. The molecule has 3 rings (SSSR count). The van der Waals surface area contributed by atoms with E-state index in [9.17, 15) is 9.59 Å². The number of nitrogens with zero attached hydrogens (tertiary/aromatic N) is 3. The lowest BCUT2D eigenvalue weighted by Crippen LogP contribution is -2.15. The van der Waals surface area contributed by atoms with Crippen LogP contribution in [0.5, 0.6) is 0 Å². The van der Waals surface area contributed by atoms with Crippen molar-refractivity contribution in [2.24, 2.45) is 7.05 Å². The van der Waals surface area contributed by atoms with Crippen LogP contribution in [0.1, 0.15) is 37.0 Å². The maximum atomic E-state index is 12.8. The topological polar surface area (TPSA) is 76.9 Å². The zero-order chi connectivity index (χ0) is 21.7. The summed E-state index contributed by atoms with van der Waals surface area (Å²) in [5.41, 5.74) is 2.18. The number of aromatic nitrogens is 3. The Morgan fingerprint density at radius 2 is 1.77 bits per heavy atom. The van der Waals surface area contributed by atoms with Gasteiger partial charge in [0.2, 0.25) is 5.91 Å². The van der Waals surface area contributed by atoms with Crippen molar-refractivity contribution in [3.05, 3.63) is 59.1 Å². The third kappa shape index (κ3) is 5.29. The van der Waals surface area contributed by atoms with E-state index in [2.05, 4.69) is 15.5 Å². The molecule has 0 aliphatic carbocycles. The molecule has 1 aromatic heterocycles. The lowest BCUT2D eigenvalue weighted by atomic mass is 10.1. The summed E-state index contributed by atoms with van der Waals surface area (Å²) in [4.78, 5) is 24.5. The average Bonchev–Trinajstić information content (AvgIpc) is 3.09. The molecule has 0 aliphatic heterocycles. The smallest absolute Gasteiger partial charge is 0.224 e. The first kappa shape index (κ1) is 22.1. The first-order valence-corrected chi connectivity index (χ1v) is 10.9. The van der Waals surface area contributed by atoms with E-state index in [4.69, 9.17) is 11.6 Å². The lowest BCUT2D eigenvalue weighted by molar-refractivity contribution is -0.116. The SMILES string of the molecule is CCCC(=O)Nc1ccc(C(=O)C(C)Sc2nnc(-c3ccc(Cl)cc3)n2C)cc1. The minimum absolute atomic E-state index is 0.0116. The fourth-order valence-corrected chi connectivity index (χ4v) is 3.90. The van der Waals surface area contributed by atoms with Gasteiger partial charge in [-0.05, 0) is 61.9 Å². The molecule has 1 unspecified atom stereocenters. The summed E-state index contributed by atoms with van der Waals surface area (Å²) >= 11 is 7.31. The largest absolute Gasteiger partial charge is 0.326 e. The average molecular weight is 443 g/mol. The standard InChI is InChI=1S/C22H23ClN4O2S/c1-4-5-19(28)24-18-12-8-15(9-13-18)20(29)14(2)30-22-26-25-21(27(22)3)16-6-10-17(23)11-7-16/h6-14H,4-5H2,1-3H3,(H,24,28). The number of hydrogen-bond donors (Lipinski definition) is 1. The molecule has 8 heteroatoms. The van der Waals surface area contributed by atoms with Gasteiger partial charge in [0.15, 0.2) is 16.8 Å². The van der Waals surface area contributed by atoms with Crippen LogP contribution in [0.4, 0.5) is 5.69 Å². The van der Waals surface area contributed by atoms with E-state index in [1.54, 1.807) is 36.4 Å². The number of ketones is 1. The summed E-state index contributed by atoms with van der Waals surface area (Å²) in [6, 6.07) is 14.3. The number of nitrogens with one attached hydrogen (secondary N) is 1. The van der Waals surface area contributed by atoms with Crippen LogP contribution in [0.2, 0.25) is 5.02 Å². The molecule has 0 saturated carbocycles. The van der Waals surface area contributed by atoms with E-state index in [-0.39, 0.29) is 16.9 Å². The highest BCUT2D eigenvalue weighted by Crippen LogP contribution is 2.28. The Kier molecular flexibility index (Phi) is 7.29. The fraction of sp³-hybridized carbons (Fsp3) is 0.273. The second-order valence-corrected chi connectivity index (χ2v) is 8.62. The van der Waals surface area contributed by atoms with Crippen LogP contribution < -0.4 is 5.32 Å². The first-order valence-electron chi connectivity index (χ1n) is 9.65. The normalized spacial score (nSPS) is 11.9. The van der Waals surface area contributed by atoms with E-state index >= 15 is 0 Å². The van der Waals surface area contributed by atoms with Gasteiger partial charge in [-0.2, -0.15) is 0 Å². The zero-order valence-electron chi connectivity index (χ0n) is 17.1. The monoisotopic (exact) mass is 442 g/mol. The summed E-state index contributed by atoms with van der Waals surface area (Å²) in [6.45, 7) is 3.80. The number of halogens is 1. The molecule has 0 spiro atoms. The highest BCUT2D eigenvalue weighted by atomic mass is 35.5. The number of anilines is 1. The summed E-state index contributed by atoms with van der Waals surface area (Å²) in [5.74, 6) is 0.669. The quantitative estimate of drug-likeness (QED) is 0.381. The van der Waals surface area contributed by atoms with Crippen molar-refractivity contribution in [2.45, 2.75) is 37.1 Å². The molecule has 3 aromatic rings. The van der Waals surface area contributed by atoms with Gasteiger partial charge in [-0.1, -0.05) is 30.3 Å². The molecule has 1 N–H and O–H groups in total. The lowest BCUT2D eigenvalue weighted by Gasteiger charge is -2.11. The van der Waals surface area contributed by atoms with Crippen molar-refractivity contribution in [3.8, 4) is 11.4 Å². The summed E-state index contributed by atoms with van der Waals surface area (Å²) < 4.78 is 1.87. The Labute approximate surface area is 185 Å². The highest BCUT2D eigenvalue weighted by Gasteiger charge is 2.20. The predicted octanol–water partition coefficient (Wildman–Crippen LogP) is 5.24. The predicted molar refractivity (Wildman–Crippen MR) is 121 cm³/mol. The molecule has 6 nitrogen and oxygen atoms in total. The molecule has 30 heavy (non-hydrogen) atoms. The molecule has 0 aliphatic rings. The number of rotatable bonds is 8. The van der Waals surface area contributed by atoms with E-state index in [0.717, 1.165) is 12.0 Å². The van der Waals surface area contributed by atoms with Crippen molar-refractivity contribution in [2.75, 3.05) is 5.32 Å². The number of thioether (sulfide) groups is 1. The van der Waals surface area contributed by atoms with Gasteiger partial charge in [0.1, 0.15) is 0 Å². The molecule has 0 saturated heterocycles. The van der Waals surface area contributed by atoms with Gasteiger partial charge in [0.05, 0.1) is 5.25 Å². The van der Waals surface area contributed by atoms with Gasteiger partial charge >= 0.3 is 0 Å². The molecule has 1 amide bonds. The first-order chi connectivity index (χ1) is 14.4. The Morgan fingerprint density at radius 3 is 2.40 bits per heavy atom. The second-order valence-electron chi connectivity index (χ2n) is 6.87. The van der Waals surface area contributed by atoms with Gasteiger partial charge in [-0.15, -0.1) is 10.2 Å². The molecular formula is C22H23ClN4O2S. The number of benzene rings is 2. The Hall–Kier alpha value is -2.64. The number of carbonyl (C=O) groups excluding carboxylic acids is 2. The maximum Gasteiger partial charge on any atom is 0.224 e. The minimum Gasteiger partial charge on any atom is -0.326 e. The van der Waals surface area contributed by atoms with E-state index in [1.165, 1.54) is 11.8 Å². The Bertz CT molecular complexity index is 1030. The van der Waals surface area contributed by atoms with E-state index < -0.39 is 0 Å². The molecule has 0 radical (unpaired) electrons. The van der Waals surface area contributed by atoms with Crippen LogP contribution in [0.25, 0.3) is 11.4 Å². The number of amides is 1. The van der Waals surface area contributed by atoms with Crippen LogP contribution in [-0.4, -0.2) is 31.7 Å². The van der Waals surface area contributed by atoms with E-state index in [0.29, 0.717) is 33.7 Å². The number of Topliss-reactive ketones (excluding diaryl/α,β-unsaturated/α-hetero) is 1.